The number of amides is 1. The molecule has 0 aliphatic heterocycles. The molecule has 13 heteroatoms. The minimum Gasteiger partial charge on any atom is -0.483 e. The molecule has 6 aromatic rings. The van der Waals surface area contributed by atoms with E-state index < -0.39 is 28.8 Å². The lowest BCUT2D eigenvalue weighted by molar-refractivity contribution is -0.384. The Morgan fingerprint density at radius 1 is 1.09 bits per heavy atom. The number of hydrogen-bond acceptors (Lipinski definition) is 8. The minimum atomic E-state index is -0.662. The zero-order chi connectivity index (χ0) is 30.8. The number of benzene rings is 4. The number of non-ortho nitro benzene ring substituents is 1. The van der Waals surface area contributed by atoms with Crippen LogP contribution in [0.25, 0.3) is 33.5 Å². The van der Waals surface area contributed by atoms with E-state index in [1.54, 1.807) is 42.5 Å². The molecular formula is C31H19BrFN5O6. The lowest BCUT2D eigenvalue weighted by atomic mass is 10.2. The third-order valence-corrected chi connectivity index (χ3v) is 6.97. The quantitative estimate of drug-likeness (QED) is 0.112. The van der Waals surface area contributed by atoms with Gasteiger partial charge in [-0.25, -0.2) is 9.37 Å². The average Bonchev–Trinajstić information content (AvgIpc) is 3.44. The summed E-state index contributed by atoms with van der Waals surface area (Å²) >= 11 is 3.43. The first-order chi connectivity index (χ1) is 21.3. The number of rotatable bonds is 8. The maximum atomic E-state index is 13.9. The van der Waals surface area contributed by atoms with Crippen LogP contribution in [0.15, 0.2) is 110 Å². The number of hydrogen-bond donors (Lipinski definition) is 1. The number of fused-ring (bicyclic) bond motifs is 2. The second kappa shape index (κ2) is 11.9. The highest BCUT2D eigenvalue weighted by Gasteiger charge is 2.18. The first-order valence-electron chi connectivity index (χ1n) is 13.0. The lowest BCUT2D eigenvalue weighted by Gasteiger charge is -2.11. The van der Waals surface area contributed by atoms with Crippen LogP contribution in [0.4, 0.5) is 15.8 Å². The third kappa shape index (κ3) is 5.80. The van der Waals surface area contributed by atoms with Gasteiger partial charge in [0.2, 0.25) is 5.82 Å². The van der Waals surface area contributed by atoms with E-state index >= 15 is 0 Å². The van der Waals surface area contributed by atoms with Gasteiger partial charge in [0.15, 0.2) is 12.4 Å². The Hall–Kier alpha value is -5.69. The topological polar surface area (TPSA) is 142 Å². The molecule has 218 valence electrons. The second-order valence-corrected chi connectivity index (χ2v) is 10.3. The number of para-hydroxylation sites is 2. The van der Waals surface area contributed by atoms with Gasteiger partial charge in [-0.2, -0.15) is 9.78 Å². The standard InChI is InChI=1S/C31H19BrFN5O6/c32-20-9-11-27-18(13-20)15-28(44-27)30-36-24-7-3-1-5-22(24)31(40)37(30)34-16-19-14-21(38(41)42)10-12-26(19)43-17-29(39)35-25-8-4-2-6-23(25)33/h1-16H,17H2,(H,35,39). The van der Waals surface area contributed by atoms with Gasteiger partial charge in [0.1, 0.15) is 17.1 Å². The summed E-state index contributed by atoms with van der Waals surface area (Å²) in [5.74, 6) is -0.871. The molecule has 0 spiro atoms. The van der Waals surface area contributed by atoms with Gasteiger partial charge < -0.3 is 14.5 Å². The Labute approximate surface area is 255 Å². The number of nitrogens with one attached hydrogen (secondary N) is 1. The maximum Gasteiger partial charge on any atom is 0.282 e. The molecule has 0 unspecified atom stereocenters. The molecule has 44 heavy (non-hydrogen) atoms. The van der Waals surface area contributed by atoms with Gasteiger partial charge in [-0.05, 0) is 54.6 Å². The van der Waals surface area contributed by atoms with Crippen molar-refractivity contribution in [2.45, 2.75) is 0 Å². The third-order valence-electron chi connectivity index (χ3n) is 6.48. The van der Waals surface area contributed by atoms with Crippen molar-refractivity contribution in [1.82, 2.24) is 9.66 Å². The second-order valence-electron chi connectivity index (χ2n) is 9.40. The van der Waals surface area contributed by atoms with Gasteiger partial charge in [0.05, 0.1) is 27.7 Å². The molecule has 0 saturated carbocycles. The van der Waals surface area contributed by atoms with E-state index in [1.807, 2.05) is 12.1 Å². The minimum absolute atomic E-state index is 0.0276. The fourth-order valence-electron chi connectivity index (χ4n) is 4.41. The van der Waals surface area contributed by atoms with Gasteiger partial charge >= 0.3 is 0 Å². The van der Waals surface area contributed by atoms with E-state index in [9.17, 15) is 24.1 Å². The molecule has 0 saturated heterocycles. The van der Waals surface area contributed by atoms with Crippen molar-refractivity contribution >= 4 is 61.3 Å². The van der Waals surface area contributed by atoms with Crippen molar-refractivity contribution < 1.29 is 23.3 Å². The lowest BCUT2D eigenvalue weighted by Crippen LogP contribution is -2.21. The summed E-state index contributed by atoms with van der Waals surface area (Å²) in [5.41, 5.74) is 0.255. The van der Waals surface area contributed by atoms with Crippen LogP contribution in [0.2, 0.25) is 0 Å². The average molecular weight is 656 g/mol. The van der Waals surface area contributed by atoms with E-state index in [1.165, 1.54) is 42.6 Å². The molecule has 11 nitrogen and oxygen atoms in total. The van der Waals surface area contributed by atoms with E-state index in [2.05, 4.69) is 31.3 Å². The van der Waals surface area contributed by atoms with Crippen LogP contribution in [-0.4, -0.2) is 33.3 Å². The number of anilines is 1. The monoisotopic (exact) mass is 655 g/mol. The summed E-state index contributed by atoms with van der Waals surface area (Å²) in [6.07, 6.45) is 1.19. The molecule has 0 aliphatic rings. The van der Waals surface area contributed by atoms with Crippen molar-refractivity contribution in [3.63, 3.8) is 0 Å². The Bertz CT molecular complexity index is 2180. The zero-order valence-corrected chi connectivity index (χ0v) is 24.0. The number of aromatic nitrogens is 2. The first kappa shape index (κ1) is 28.4. The number of carbonyl (C=O) groups is 1. The Kier molecular flexibility index (Phi) is 7.69. The van der Waals surface area contributed by atoms with Crippen LogP contribution in [0.3, 0.4) is 0 Å². The molecule has 0 fully saturated rings. The van der Waals surface area contributed by atoms with Crippen LogP contribution in [-0.2, 0) is 4.79 Å². The largest absolute Gasteiger partial charge is 0.483 e. The van der Waals surface area contributed by atoms with Crippen molar-refractivity contribution in [2.24, 2.45) is 5.10 Å². The SMILES string of the molecule is O=C(COc1ccc([N+](=O)[O-])cc1C=Nn1c(-c2cc3cc(Br)ccc3o2)nc2ccccc2c1=O)Nc1ccccc1F. The number of nitrogens with zero attached hydrogens (tertiary/aromatic N) is 4. The van der Waals surface area contributed by atoms with Gasteiger partial charge in [-0.15, -0.1) is 0 Å². The highest BCUT2D eigenvalue weighted by molar-refractivity contribution is 9.10. The van der Waals surface area contributed by atoms with Crippen LogP contribution in [0, 0.1) is 15.9 Å². The number of halogens is 2. The molecule has 0 bridgehead atoms. The van der Waals surface area contributed by atoms with Gasteiger partial charge in [-0.3, -0.25) is 19.7 Å². The smallest absolute Gasteiger partial charge is 0.282 e. The molecule has 0 radical (unpaired) electrons. The molecule has 2 heterocycles. The summed E-state index contributed by atoms with van der Waals surface area (Å²) in [6.45, 7) is -0.537. The highest BCUT2D eigenvalue weighted by Crippen LogP contribution is 2.29. The van der Waals surface area contributed by atoms with Crippen LogP contribution < -0.4 is 15.6 Å². The first-order valence-corrected chi connectivity index (χ1v) is 13.8. The van der Waals surface area contributed by atoms with E-state index in [0.717, 1.165) is 14.5 Å². The van der Waals surface area contributed by atoms with Crippen LogP contribution in [0.5, 0.6) is 5.75 Å². The normalized spacial score (nSPS) is 11.3. The van der Waals surface area contributed by atoms with Crippen LogP contribution >= 0.6 is 15.9 Å². The fraction of sp³-hybridized carbons (Fsp3) is 0.0323. The fourth-order valence-corrected chi connectivity index (χ4v) is 4.79. The van der Waals surface area contributed by atoms with E-state index in [-0.39, 0.29) is 39.7 Å². The van der Waals surface area contributed by atoms with Crippen molar-refractivity contribution in [3.05, 3.63) is 127 Å². The predicted octanol–water partition coefficient (Wildman–Crippen LogP) is 6.52. The zero-order valence-electron chi connectivity index (χ0n) is 22.4. The molecule has 0 atom stereocenters. The van der Waals surface area contributed by atoms with Gasteiger partial charge in [0, 0.05) is 27.6 Å². The number of nitro benzene ring substituents is 1. The van der Waals surface area contributed by atoms with E-state index in [4.69, 9.17) is 9.15 Å². The molecule has 0 aliphatic carbocycles. The highest BCUT2D eigenvalue weighted by atomic mass is 79.9. The molecule has 1 amide bonds. The molecule has 4 aromatic carbocycles. The number of carbonyl (C=O) groups excluding carboxylic acids is 1. The summed E-state index contributed by atoms with van der Waals surface area (Å²) in [6, 6.07) is 23.2. The summed E-state index contributed by atoms with van der Waals surface area (Å²) < 4.78 is 27.4. The molecular weight excluding hydrogens is 637 g/mol. The predicted molar refractivity (Wildman–Crippen MR) is 166 cm³/mol. The number of nitro groups is 1. The number of ether oxygens (including phenoxy) is 1. The Balaban J connectivity index is 1.39. The Morgan fingerprint density at radius 3 is 2.70 bits per heavy atom. The van der Waals surface area contributed by atoms with Crippen molar-refractivity contribution in [2.75, 3.05) is 11.9 Å². The molecule has 6 rings (SSSR count). The Morgan fingerprint density at radius 2 is 1.89 bits per heavy atom. The number of furan rings is 1. The molecule has 1 N–H and O–H groups in total. The van der Waals surface area contributed by atoms with Crippen molar-refractivity contribution in [1.29, 1.82) is 0 Å². The summed E-state index contributed by atoms with van der Waals surface area (Å²) in [7, 11) is 0. The van der Waals surface area contributed by atoms with E-state index in [0.29, 0.717) is 11.1 Å². The summed E-state index contributed by atoms with van der Waals surface area (Å²) in [4.78, 5) is 41.6. The summed E-state index contributed by atoms with van der Waals surface area (Å²) in [5, 5.41) is 19.3. The van der Waals surface area contributed by atoms with Crippen molar-refractivity contribution in [3.8, 4) is 17.3 Å². The van der Waals surface area contributed by atoms with Crippen LogP contribution in [0.1, 0.15) is 5.56 Å². The van der Waals surface area contributed by atoms with Gasteiger partial charge in [-0.1, -0.05) is 40.2 Å². The van der Waals surface area contributed by atoms with Gasteiger partial charge in [0.25, 0.3) is 17.2 Å². The maximum absolute atomic E-state index is 13.9. The molecule has 2 aromatic heterocycles.